The fourth-order valence-corrected chi connectivity index (χ4v) is 5.43. The highest BCUT2D eigenvalue weighted by molar-refractivity contribution is 7.80. The van der Waals surface area contributed by atoms with Gasteiger partial charge in [0.25, 0.3) is 0 Å². The van der Waals surface area contributed by atoms with Crippen LogP contribution in [0.25, 0.3) is 0 Å². The summed E-state index contributed by atoms with van der Waals surface area (Å²) in [6, 6.07) is 8.07. The van der Waals surface area contributed by atoms with E-state index in [1.54, 1.807) is 0 Å². The number of carbonyl (C=O) groups is 1. The first-order valence-electron chi connectivity index (χ1n) is 11.5. The van der Waals surface area contributed by atoms with Crippen LogP contribution in [0.3, 0.4) is 0 Å². The fourth-order valence-electron chi connectivity index (χ4n) is 4.53. The van der Waals surface area contributed by atoms with E-state index in [0.29, 0.717) is 24.0 Å². The van der Waals surface area contributed by atoms with Crippen molar-refractivity contribution in [3.63, 3.8) is 0 Å². The molecule has 1 amide bonds. The molecule has 2 fully saturated rings. The maximum Gasteiger partial charge on any atom is 0.228 e. The molecule has 1 aromatic rings. The van der Waals surface area contributed by atoms with Gasteiger partial charge >= 0.3 is 0 Å². The standard InChI is InChI=1S/C23H34Cl3N5OS/c1-28(2)18-7-4-5-8-19(18)30-13-6-14-31(22(30)33)21(23(24,25)26)27-20(32)10-9-17-11-15-29(3)16-12-17/h4-5,7-8,17,21H,6,9-16H2,1-3H3,(H,27,32). The largest absolute Gasteiger partial charge is 0.376 e. The number of thiocarbonyl (C=S) groups is 1. The number of likely N-dealkylation sites (tertiary alicyclic amines) is 1. The smallest absolute Gasteiger partial charge is 0.228 e. The van der Waals surface area contributed by atoms with Crippen LogP contribution < -0.4 is 15.1 Å². The predicted molar refractivity (Wildman–Crippen MR) is 144 cm³/mol. The van der Waals surface area contributed by atoms with Gasteiger partial charge in [-0.3, -0.25) is 4.79 Å². The second-order valence-corrected chi connectivity index (χ2v) is 11.9. The van der Waals surface area contributed by atoms with Gasteiger partial charge in [0.1, 0.15) is 0 Å². The van der Waals surface area contributed by atoms with E-state index >= 15 is 0 Å². The van der Waals surface area contributed by atoms with E-state index in [1.807, 2.05) is 48.2 Å². The van der Waals surface area contributed by atoms with Crippen LogP contribution in [0.2, 0.25) is 0 Å². The number of anilines is 2. The summed E-state index contributed by atoms with van der Waals surface area (Å²) >= 11 is 24.9. The molecule has 6 nitrogen and oxygen atoms in total. The summed E-state index contributed by atoms with van der Waals surface area (Å²) in [5.41, 5.74) is 2.04. The minimum Gasteiger partial charge on any atom is -0.376 e. The average molecular weight is 535 g/mol. The van der Waals surface area contributed by atoms with Gasteiger partial charge in [-0.2, -0.15) is 0 Å². The van der Waals surface area contributed by atoms with Crippen LogP contribution >= 0.6 is 47.0 Å². The lowest BCUT2D eigenvalue weighted by atomic mass is 9.92. The highest BCUT2D eigenvalue weighted by Gasteiger charge is 2.42. The van der Waals surface area contributed by atoms with Gasteiger partial charge in [0, 0.05) is 33.6 Å². The molecule has 0 aromatic heterocycles. The lowest BCUT2D eigenvalue weighted by molar-refractivity contribution is -0.123. The number of carbonyl (C=O) groups excluding carboxylic acids is 1. The van der Waals surface area contributed by atoms with Crippen LogP contribution in [-0.4, -0.2) is 78.1 Å². The third-order valence-electron chi connectivity index (χ3n) is 6.45. The lowest BCUT2D eigenvalue weighted by Gasteiger charge is -2.45. The molecule has 0 radical (unpaired) electrons. The molecule has 1 unspecified atom stereocenters. The van der Waals surface area contributed by atoms with Crippen LogP contribution in [0.4, 0.5) is 11.4 Å². The Morgan fingerprint density at radius 2 is 1.85 bits per heavy atom. The van der Waals surface area contributed by atoms with Gasteiger partial charge in [-0.15, -0.1) is 0 Å². The summed E-state index contributed by atoms with van der Waals surface area (Å²) in [6.07, 6.45) is 3.49. The molecule has 1 aromatic carbocycles. The number of nitrogens with zero attached hydrogens (tertiary/aromatic N) is 4. The highest BCUT2D eigenvalue weighted by Crippen LogP contribution is 2.36. The van der Waals surface area contributed by atoms with Crippen LogP contribution in [0.1, 0.15) is 32.1 Å². The first kappa shape index (κ1) is 26.6. The normalized spacial score (nSPS) is 19.5. The third kappa shape index (κ3) is 7.01. The maximum atomic E-state index is 12.9. The molecule has 2 heterocycles. The molecule has 3 rings (SSSR count). The van der Waals surface area contributed by atoms with Gasteiger partial charge < -0.3 is 24.9 Å². The van der Waals surface area contributed by atoms with E-state index < -0.39 is 9.96 Å². The van der Waals surface area contributed by atoms with E-state index in [9.17, 15) is 4.79 Å². The van der Waals surface area contributed by atoms with E-state index in [0.717, 1.165) is 56.7 Å². The molecule has 184 valence electrons. The first-order chi connectivity index (χ1) is 15.6. The van der Waals surface area contributed by atoms with Crippen molar-refractivity contribution in [1.29, 1.82) is 0 Å². The molecule has 10 heteroatoms. The van der Waals surface area contributed by atoms with Gasteiger partial charge in [-0.1, -0.05) is 46.9 Å². The van der Waals surface area contributed by atoms with Crippen molar-refractivity contribution in [1.82, 2.24) is 15.1 Å². The number of amides is 1. The highest BCUT2D eigenvalue weighted by atomic mass is 35.6. The van der Waals surface area contributed by atoms with Gasteiger partial charge in [0.15, 0.2) is 11.3 Å². The molecule has 0 spiro atoms. The quantitative estimate of drug-likeness (QED) is 0.411. The molecule has 33 heavy (non-hydrogen) atoms. The van der Waals surface area contributed by atoms with Crippen LogP contribution in [0.5, 0.6) is 0 Å². The summed E-state index contributed by atoms with van der Waals surface area (Å²) in [7, 11) is 6.13. The number of benzene rings is 1. The first-order valence-corrected chi connectivity index (χ1v) is 13.0. The molecular weight excluding hydrogens is 501 g/mol. The SMILES string of the molecule is CN1CCC(CCC(=O)NC(N2CCCN(c3ccccc3N(C)C)C2=S)C(Cl)(Cl)Cl)CC1. The third-order valence-corrected chi connectivity index (χ3v) is 7.52. The molecule has 0 saturated carbocycles. The number of halogens is 3. The van der Waals surface area contributed by atoms with Crippen LogP contribution in [0, 0.1) is 5.92 Å². The predicted octanol–water partition coefficient (Wildman–Crippen LogP) is 4.48. The number of alkyl halides is 3. The molecule has 1 N–H and O–H groups in total. The zero-order chi connectivity index (χ0) is 24.2. The minimum absolute atomic E-state index is 0.112. The molecule has 0 bridgehead atoms. The Morgan fingerprint density at radius 1 is 1.18 bits per heavy atom. The zero-order valence-electron chi connectivity index (χ0n) is 19.6. The summed E-state index contributed by atoms with van der Waals surface area (Å²) in [6.45, 7) is 3.52. The second kappa shape index (κ2) is 11.6. The molecule has 0 aliphatic carbocycles. The van der Waals surface area contributed by atoms with Gasteiger partial charge in [0.2, 0.25) is 9.70 Å². The van der Waals surface area contributed by atoms with Crippen molar-refractivity contribution in [2.45, 2.75) is 42.1 Å². The minimum atomic E-state index is -1.72. The Bertz CT molecular complexity index is 827. The Hall–Kier alpha value is -0.990. The number of hydrogen-bond acceptors (Lipinski definition) is 4. The fraction of sp³-hybridized carbons (Fsp3) is 0.652. The van der Waals surface area contributed by atoms with E-state index in [2.05, 4.69) is 22.2 Å². The van der Waals surface area contributed by atoms with Crippen molar-refractivity contribution in [3.8, 4) is 0 Å². The summed E-state index contributed by atoms with van der Waals surface area (Å²) in [5.74, 6) is 0.450. The number of rotatable bonds is 7. The number of hydrogen-bond donors (Lipinski definition) is 1. The van der Waals surface area contributed by atoms with Gasteiger partial charge in [0.05, 0.1) is 11.4 Å². The Labute approximate surface area is 218 Å². The maximum absolute atomic E-state index is 12.9. The van der Waals surface area contributed by atoms with Crippen molar-refractivity contribution < 1.29 is 4.79 Å². The lowest BCUT2D eigenvalue weighted by Crippen LogP contribution is -2.62. The summed E-state index contributed by atoms with van der Waals surface area (Å²) in [4.78, 5) is 21.1. The Balaban J connectivity index is 1.70. The van der Waals surface area contributed by atoms with Crippen molar-refractivity contribution in [3.05, 3.63) is 24.3 Å². The number of nitrogens with one attached hydrogen (secondary N) is 1. The van der Waals surface area contributed by atoms with Gasteiger partial charge in [-0.05, 0) is 76.1 Å². The van der Waals surface area contributed by atoms with Gasteiger partial charge in [-0.25, -0.2) is 0 Å². The second-order valence-electron chi connectivity index (χ2n) is 9.16. The van der Waals surface area contributed by atoms with Crippen molar-refractivity contribution >= 4 is 69.4 Å². The molecule has 2 aliphatic heterocycles. The van der Waals surface area contributed by atoms with Crippen LogP contribution in [0.15, 0.2) is 24.3 Å². The van der Waals surface area contributed by atoms with Crippen molar-refractivity contribution in [2.75, 3.05) is 57.1 Å². The molecule has 1 atom stereocenters. The Morgan fingerprint density at radius 3 is 2.48 bits per heavy atom. The van der Waals surface area contributed by atoms with Crippen molar-refractivity contribution in [2.24, 2.45) is 5.92 Å². The molecule has 2 aliphatic rings. The topological polar surface area (TPSA) is 42.1 Å². The summed E-state index contributed by atoms with van der Waals surface area (Å²) < 4.78 is -1.72. The van der Waals surface area contributed by atoms with Crippen LogP contribution in [-0.2, 0) is 4.79 Å². The summed E-state index contributed by atoms with van der Waals surface area (Å²) in [5, 5.41) is 3.51. The van der Waals surface area contributed by atoms with E-state index in [-0.39, 0.29) is 5.91 Å². The Kier molecular flexibility index (Phi) is 9.38. The van der Waals surface area contributed by atoms with E-state index in [4.69, 9.17) is 47.0 Å². The van der Waals surface area contributed by atoms with E-state index in [1.165, 1.54) is 0 Å². The number of piperidine rings is 1. The zero-order valence-corrected chi connectivity index (χ0v) is 22.7. The molecule has 2 saturated heterocycles. The number of para-hydroxylation sites is 2. The molecular formula is C23H34Cl3N5OS. The average Bonchev–Trinajstić information content (AvgIpc) is 2.77. The monoisotopic (exact) mass is 533 g/mol.